The van der Waals surface area contributed by atoms with Crippen LogP contribution in [0.3, 0.4) is 0 Å². The zero-order valence-corrected chi connectivity index (χ0v) is 13.5. The number of ether oxygens (including phenoxy) is 1. The van der Waals surface area contributed by atoms with E-state index in [2.05, 4.69) is 10.0 Å². The van der Waals surface area contributed by atoms with Crippen molar-refractivity contribution in [2.24, 2.45) is 0 Å². The second kappa shape index (κ2) is 6.87. The molecule has 0 aromatic heterocycles. The fourth-order valence-electron chi connectivity index (χ4n) is 2.51. The van der Waals surface area contributed by atoms with Gasteiger partial charge >= 0.3 is 0 Å². The van der Waals surface area contributed by atoms with E-state index in [0.717, 1.165) is 17.7 Å². The fraction of sp³-hybridized carbons (Fsp3) is 0.600. The molecule has 1 aromatic carbocycles. The number of nitrogens with one attached hydrogen (secondary N) is 2. The predicted molar refractivity (Wildman–Crippen MR) is 83.4 cm³/mol. The van der Waals surface area contributed by atoms with Crippen LogP contribution >= 0.6 is 0 Å². The van der Waals surface area contributed by atoms with Crippen molar-refractivity contribution >= 4 is 10.0 Å². The Kier molecular flexibility index (Phi) is 5.37. The molecule has 1 aromatic rings. The average Bonchev–Trinajstić information content (AvgIpc) is 2.40. The third kappa shape index (κ3) is 5.07. The van der Waals surface area contributed by atoms with Crippen LogP contribution in [0.2, 0.25) is 0 Å². The number of hydrogen-bond acceptors (Lipinski definition) is 4. The van der Waals surface area contributed by atoms with E-state index in [0.29, 0.717) is 26.1 Å². The van der Waals surface area contributed by atoms with Gasteiger partial charge in [-0.1, -0.05) is 24.3 Å². The first kappa shape index (κ1) is 16.4. The van der Waals surface area contributed by atoms with Crippen LogP contribution in [0.5, 0.6) is 0 Å². The molecule has 0 atom stereocenters. The Balaban J connectivity index is 1.99. The Morgan fingerprint density at radius 1 is 1.14 bits per heavy atom. The van der Waals surface area contributed by atoms with E-state index in [1.165, 1.54) is 0 Å². The Bertz CT molecular complexity index is 549. The van der Waals surface area contributed by atoms with Crippen LogP contribution in [0, 0.1) is 0 Å². The van der Waals surface area contributed by atoms with Crippen LogP contribution < -0.4 is 10.0 Å². The quantitative estimate of drug-likeness (QED) is 0.833. The number of rotatable bonds is 6. The van der Waals surface area contributed by atoms with Gasteiger partial charge in [0.1, 0.15) is 0 Å². The Hall–Kier alpha value is -0.950. The Labute approximate surface area is 127 Å². The van der Waals surface area contributed by atoms with Gasteiger partial charge in [-0.3, -0.25) is 0 Å². The lowest BCUT2D eigenvalue weighted by Gasteiger charge is -2.34. The zero-order chi connectivity index (χ0) is 15.3. The van der Waals surface area contributed by atoms with E-state index < -0.39 is 10.0 Å². The third-order valence-corrected chi connectivity index (χ3v) is 5.28. The van der Waals surface area contributed by atoms with Crippen molar-refractivity contribution in [3.05, 3.63) is 35.4 Å². The van der Waals surface area contributed by atoms with Gasteiger partial charge < -0.3 is 10.1 Å². The van der Waals surface area contributed by atoms with E-state index in [4.69, 9.17) is 4.74 Å². The van der Waals surface area contributed by atoms with Crippen molar-refractivity contribution in [3.63, 3.8) is 0 Å². The molecule has 1 fully saturated rings. The largest absolute Gasteiger partial charge is 0.381 e. The molecule has 1 saturated heterocycles. The van der Waals surface area contributed by atoms with Crippen LogP contribution in [-0.2, 0) is 27.1 Å². The molecule has 2 rings (SSSR count). The summed E-state index contributed by atoms with van der Waals surface area (Å²) in [5, 5.41) is 3.07. The van der Waals surface area contributed by atoms with Crippen LogP contribution in [0.25, 0.3) is 0 Å². The monoisotopic (exact) mass is 312 g/mol. The van der Waals surface area contributed by atoms with Gasteiger partial charge in [0.15, 0.2) is 0 Å². The Morgan fingerprint density at radius 3 is 2.29 bits per heavy atom. The van der Waals surface area contributed by atoms with Gasteiger partial charge in [-0.05, 0) is 37.9 Å². The zero-order valence-electron chi connectivity index (χ0n) is 12.7. The van der Waals surface area contributed by atoms with Crippen molar-refractivity contribution in [2.75, 3.05) is 20.3 Å². The SMILES string of the molecule is CNCc1ccc(CS(=O)(=O)NC2(C)CCOCC2)cc1. The summed E-state index contributed by atoms with van der Waals surface area (Å²) in [7, 11) is -1.45. The minimum absolute atomic E-state index is 0.0171. The van der Waals surface area contributed by atoms with Crippen molar-refractivity contribution in [3.8, 4) is 0 Å². The summed E-state index contributed by atoms with van der Waals surface area (Å²) in [5.41, 5.74) is 1.56. The topological polar surface area (TPSA) is 67.4 Å². The summed E-state index contributed by atoms with van der Waals surface area (Å²) in [6.07, 6.45) is 1.43. The molecule has 0 amide bonds. The first-order chi connectivity index (χ1) is 9.92. The maximum absolute atomic E-state index is 12.3. The molecule has 2 N–H and O–H groups in total. The maximum Gasteiger partial charge on any atom is 0.216 e. The van der Waals surface area contributed by atoms with Crippen LogP contribution in [-0.4, -0.2) is 34.2 Å². The molecule has 6 heteroatoms. The molecule has 21 heavy (non-hydrogen) atoms. The molecule has 0 aliphatic carbocycles. The summed E-state index contributed by atoms with van der Waals surface area (Å²) < 4.78 is 32.8. The lowest BCUT2D eigenvalue weighted by atomic mass is 9.94. The summed E-state index contributed by atoms with van der Waals surface area (Å²) in [6, 6.07) is 7.66. The van der Waals surface area contributed by atoms with E-state index in [9.17, 15) is 8.42 Å². The minimum Gasteiger partial charge on any atom is -0.381 e. The molecule has 0 spiro atoms. The van der Waals surface area contributed by atoms with Crippen LogP contribution in [0.1, 0.15) is 30.9 Å². The van der Waals surface area contributed by atoms with Crippen molar-refractivity contribution in [1.29, 1.82) is 0 Å². The molecule has 0 radical (unpaired) electrons. The second-order valence-corrected chi connectivity index (χ2v) is 7.60. The molecule has 5 nitrogen and oxygen atoms in total. The normalized spacial score (nSPS) is 18.6. The molecular formula is C15H24N2O3S. The number of benzene rings is 1. The number of sulfonamides is 1. The number of hydrogen-bond donors (Lipinski definition) is 2. The van der Waals surface area contributed by atoms with Gasteiger partial charge in [0.2, 0.25) is 10.0 Å². The van der Waals surface area contributed by atoms with Gasteiger partial charge in [0.25, 0.3) is 0 Å². The average molecular weight is 312 g/mol. The predicted octanol–water partition coefficient (Wildman–Crippen LogP) is 1.39. The van der Waals surface area contributed by atoms with E-state index in [1.807, 2.05) is 38.2 Å². The highest BCUT2D eigenvalue weighted by Gasteiger charge is 2.31. The fourth-order valence-corrected chi connectivity index (χ4v) is 4.17. The molecule has 0 saturated carbocycles. The van der Waals surface area contributed by atoms with Gasteiger partial charge in [-0.15, -0.1) is 0 Å². The van der Waals surface area contributed by atoms with Gasteiger partial charge in [-0.25, -0.2) is 13.1 Å². The first-order valence-corrected chi connectivity index (χ1v) is 8.89. The minimum atomic E-state index is -3.34. The van der Waals surface area contributed by atoms with E-state index in [-0.39, 0.29) is 11.3 Å². The molecule has 118 valence electrons. The van der Waals surface area contributed by atoms with Crippen molar-refractivity contribution < 1.29 is 13.2 Å². The molecule has 1 aliphatic heterocycles. The highest BCUT2D eigenvalue weighted by Crippen LogP contribution is 2.21. The van der Waals surface area contributed by atoms with Gasteiger partial charge in [0, 0.05) is 25.3 Å². The standard InChI is InChI=1S/C15H24N2O3S/c1-15(7-9-20-10-8-15)17-21(18,19)12-14-5-3-13(4-6-14)11-16-2/h3-6,16-17H,7-12H2,1-2H3. The van der Waals surface area contributed by atoms with Gasteiger partial charge in [-0.2, -0.15) is 0 Å². The van der Waals surface area contributed by atoms with E-state index in [1.54, 1.807) is 0 Å². The Morgan fingerprint density at radius 2 is 1.71 bits per heavy atom. The lowest BCUT2D eigenvalue weighted by Crippen LogP contribution is -2.49. The molecule has 1 heterocycles. The van der Waals surface area contributed by atoms with Gasteiger partial charge in [0.05, 0.1) is 5.75 Å². The summed E-state index contributed by atoms with van der Waals surface area (Å²) >= 11 is 0. The summed E-state index contributed by atoms with van der Waals surface area (Å²) in [5.74, 6) is 0.0171. The summed E-state index contributed by atoms with van der Waals surface area (Å²) in [4.78, 5) is 0. The van der Waals surface area contributed by atoms with Crippen LogP contribution in [0.4, 0.5) is 0 Å². The highest BCUT2D eigenvalue weighted by molar-refractivity contribution is 7.88. The second-order valence-electron chi connectivity index (χ2n) is 5.88. The molecular weight excluding hydrogens is 288 g/mol. The smallest absolute Gasteiger partial charge is 0.216 e. The first-order valence-electron chi connectivity index (χ1n) is 7.24. The van der Waals surface area contributed by atoms with Crippen molar-refractivity contribution in [1.82, 2.24) is 10.0 Å². The third-order valence-electron chi connectivity index (χ3n) is 3.76. The summed E-state index contributed by atoms with van der Waals surface area (Å²) in [6.45, 7) is 3.95. The molecule has 0 unspecified atom stereocenters. The lowest BCUT2D eigenvalue weighted by molar-refractivity contribution is 0.0537. The molecule has 0 bridgehead atoms. The highest BCUT2D eigenvalue weighted by atomic mass is 32.2. The molecule has 1 aliphatic rings. The van der Waals surface area contributed by atoms with Crippen molar-refractivity contribution in [2.45, 2.75) is 37.6 Å². The van der Waals surface area contributed by atoms with E-state index >= 15 is 0 Å². The maximum atomic E-state index is 12.3. The van der Waals surface area contributed by atoms with Crippen LogP contribution in [0.15, 0.2) is 24.3 Å².